The van der Waals surface area contributed by atoms with Crippen molar-refractivity contribution in [1.82, 2.24) is 5.16 Å². The molecular formula is C14H12ClN3O2. The minimum Gasteiger partial charge on any atom is -1.00 e. The number of benzene rings is 1. The molecule has 2 aromatic heterocycles. The minimum absolute atomic E-state index is 0. The summed E-state index contributed by atoms with van der Waals surface area (Å²) in [6.07, 6.45) is 3.67. The van der Waals surface area contributed by atoms with Gasteiger partial charge in [-0.2, -0.15) is 4.57 Å². The maximum Gasteiger partial charge on any atom is 0.291 e. The molecular weight excluding hydrogens is 278 g/mol. The fourth-order valence-electron chi connectivity index (χ4n) is 1.85. The van der Waals surface area contributed by atoms with Crippen molar-refractivity contribution in [3.63, 3.8) is 0 Å². The zero-order chi connectivity index (χ0) is 13.1. The summed E-state index contributed by atoms with van der Waals surface area (Å²) >= 11 is 0. The third-order valence-electron chi connectivity index (χ3n) is 2.74. The van der Waals surface area contributed by atoms with Gasteiger partial charge in [0.15, 0.2) is 23.8 Å². The maximum atomic E-state index is 11.9. The molecule has 1 N–H and O–H groups in total. The van der Waals surface area contributed by atoms with Crippen molar-refractivity contribution < 1.29 is 26.3 Å². The maximum absolute atomic E-state index is 11.9. The van der Waals surface area contributed by atoms with Gasteiger partial charge in [-0.15, -0.1) is 0 Å². The van der Waals surface area contributed by atoms with Gasteiger partial charge in [-0.05, 0) is 12.1 Å². The molecule has 0 spiro atoms. The van der Waals surface area contributed by atoms with E-state index in [1.807, 2.05) is 54.9 Å². The highest BCUT2D eigenvalue weighted by molar-refractivity contribution is 5.98. The third-order valence-corrected chi connectivity index (χ3v) is 2.74. The number of halogens is 1. The molecule has 102 valence electrons. The number of pyridine rings is 1. The molecule has 0 bridgehead atoms. The third kappa shape index (κ3) is 2.95. The summed E-state index contributed by atoms with van der Waals surface area (Å²) < 4.78 is 6.92. The van der Waals surface area contributed by atoms with Crippen LogP contribution in [0.1, 0.15) is 0 Å². The number of hydrogen-bond donors (Lipinski definition) is 1. The number of anilines is 1. The second kappa shape index (κ2) is 6.16. The highest BCUT2D eigenvalue weighted by Gasteiger charge is 2.13. The number of nitrogens with zero attached hydrogens (tertiary/aromatic N) is 2. The predicted octanol–water partition coefficient (Wildman–Crippen LogP) is -1.24. The number of carbonyl (C=O) groups is 1. The summed E-state index contributed by atoms with van der Waals surface area (Å²) in [5.74, 6) is 0.312. The first kappa shape index (κ1) is 14.0. The van der Waals surface area contributed by atoms with Crippen molar-refractivity contribution in [3.05, 3.63) is 54.9 Å². The lowest BCUT2D eigenvalue weighted by Gasteiger charge is -1.98. The zero-order valence-corrected chi connectivity index (χ0v) is 11.2. The molecule has 0 aliphatic heterocycles. The van der Waals surface area contributed by atoms with Gasteiger partial charge in [0.2, 0.25) is 6.54 Å². The normalized spacial score (nSPS) is 10.0. The summed E-state index contributed by atoms with van der Waals surface area (Å²) in [6, 6.07) is 13.1. The molecule has 0 atom stereocenters. The van der Waals surface area contributed by atoms with E-state index in [0.29, 0.717) is 11.4 Å². The second-order valence-electron chi connectivity index (χ2n) is 4.12. The van der Waals surface area contributed by atoms with Crippen molar-refractivity contribution in [2.45, 2.75) is 6.54 Å². The number of fused-ring (bicyclic) bond motifs is 1. The molecule has 0 aliphatic rings. The molecule has 0 saturated carbocycles. The van der Waals surface area contributed by atoms with Crippen LogP contribution >= 0.6 is 0 Å². The van der Waals surface area contributed by atoms with Crippen LogP contribution in [0.4, 0.5) is 5.82 Å². The van der Waals surface area contributed by atoms with E-state index >= 15 is 0 Å². The Bertz CT molecular complexity index is 713. The van der Waals surface area contributed by atoms with E-state index in [4.69, 9.17) is 4.52 Å². The van der Waals surface area contributed by atoms with Crippen LogP contribution in [-0.4, -0.2) is 11.1 Å². The summed E-state index contributed by atoms with van der Waals surface area (Å²) in [4.78, 5) is 11.9. The molecule has 5 nitrogen and oxygen atoms in total. The van der Waals surface area contributed by atoms with Crippen LogP contribution in [0.15, 0.2) is 59.4 Å². The number of para-hydroxylation sites is 1. The van der Waals surface area contributed by atoms with Gasteiger partial charge in [0, 0.05) is 12.1 Å². The Labute approximate surface area is 121 Å². The van der Waals surface area contributed by atoms with Crippen LogP contribution in [0, 0.1) is 0 Å². The van der Waals surface area contributed by atoms with Crippen LogP contribution in [0.25, 0.3) is 11.0 Å². The molecule has 0 fully saturated rings. The van der Waals surface area contributed by atoms with E-state index in [2.05, 4.69) is 10.5 Å². The molecule has 0 aliphatic carbocycles. The van der Waals surface area contributed by atoms with Crippen LogP contribution in [0.5, 0.6) is 0 Å². The molecule has 3 rings (SSSR count). The minimum atomic E-state index is -0.143. The van der Waals surface area contributed by atoms with E-state index in [-0.39, 0.29) is 24.9 Å². The van der Waals surface area contributed by atoms with E-state index in [9.17, 15) is 4.79 Å². The van der Waals surface area contributed by atoms with Crippen LogP contribution < -0.4 is 22.3 Å². The Morgan fingerprint density at radius 1 is 1.15 bits per heavy atom. The Morgan fingerprint density at radius 2 is 1.90 bits per heavy atom. The molecule has 1 amide bonds. The van der Waals surface area contributed by atoms with Gasteiger partial charge in [-0.1, -0.05) is 23.4 Å². The summed E-state index contributed by atoms with van der Waals surface area (Å²) in [7, 11) is 0. The molecule has 3 aromatic rings. The standard InChI is InChI=1S/C14H11N3O2.ClH/c18-13(10-17-8-4-1-5-9-17)15-14-11-6-2-3-7-12(11)19-16-14;/h1-9H,10H2;1H. The number of aromatic nitrogens is 2. The first-order valence-corrected chi connectivity index (χ1v) is 5.91. The van der Waals surface area contributed by atoms with E-state index in [1.54, 1.807) is 4.57 Å². The lowest BCUT2D eigenvalue weighted by molar-refractivity contribution is -0.684. The van der Waals surface area contributed by atoms with Crippen LogP contribution in [0.2, 0.25) is 0 Å². The number of carbonyl (C=O) groups excluding carboxylic acids is 1. The predicted molar refractivity (Wildman–Crippen MR) is 69.3 cm³/mol. The highest BCUT2D eigenvalue weighted by atomic mass is 35.5. The van der Waals surface area contributed by atoms with Gasteiger partial charge in [0.1, 0.15) is 0 Å². The fraction of sp³-hybridized carbons (Fsp3) is 0.0714. The Morgan fingerprint density at radius 3 is 2.70 bits per heavy atom. The number of rotatable bonds is 3. The monoisotopic (exact) mass is 289 g/mol. The first-order chi connectivity index (χ1) is 9.33. The lowest BCUT2D eigenvalue weighted by Crippen LogP contribution is -3.00. The first-order valence-electron chi connectivity index (χ1n) is 5.91. The average molecular weight is 290 g/mol. The number of nitrogens with one attached hydrogen (secondary N) is 1. The number of hydrogen-bond acceptors (Lipinski definition) is 3. The van der Waals surface area contributed by atoms with Gasteiger partial charge in [0.05, 0.1) is 5.39 Å². The summed E-state index contributed by atoms with van der Waals surface area (Å²) in [5.41, 5.74) is 0.658. The molecule has 2 heterocycles. The van der Waals surface area contributed by atoms with Crippen molar-refractivity contribution >= 4 is 22.7 Å². The number of amides is 1. The van der Waals surface area contributed by atoms with E-state index in [0.717, 1.165) is 5.39 Å². The molecule has 1 aromatic carbocycles. The van der Waals surface area contributed by atoms with Crippen molar-refractivity contribution in [2.24, 2.45) is 0 Å². The summed E-state index contributed by atoms with van der Waals surface area (Å²) in [5, 5.41) is 7.41. The van der Waals surface area contributed by atoms with Gasteiger partial charge in [-0.25, -0.2) is 0 Å². The largest absolute Gasteiger partial charge is 1.00 e. The average Bonchev–Trinajstić information content (AvgIpc) is 2.83. The zero-order valence-electron chi connectivity index (χ0n) is 10.5. The second-order valence-corrected chi connectivity index (χ2v) is 4.12. The summed E-state index contributed by atoms with van der Waals surface area (Å²) in [6.45, 7) is 0.238. The van der Waals surface area contributed by atoms with Crippen molar-refractivity contribution in [3.8, 4) is 0 Å². The van der Waals surface area contributed by atoms with Gasteiger partial charge in [-0.3, -0.25) is 4.79 Å². The molecule has 20 heavy (non-hydrogen) atoms. The topological polar surface area (TPSA) is 59.0 Å². The Hall–Kier alpha value is -2.40. The molecule has 0 saturated heterocycles. The van der Waals surface area contributed by atoms with Gasteiger partial charge < -0.3 is 22.2 Å². The van der Waals surface area contributed by atoms with E-state index in [1.165, 1.54) is 0 Å². The van der Waals surface area contributed by atoms with Crippen molar-refractivity contribution in [1.29, 1.82) is 0 Å². The smallest absolute Gasteiger partial charge is 0.291 e. The molecule has 6 heteroatoms. The lowest BCUT2D eigenvalue weighted by atomic mass is 10.2. The Kier molecular flexibility index (Phi) is 4.32. The molecule has 0 unspecified atom stereocenters. The van der Waals surface area contributed by atoms with Crippen LogP contribution in [-0.2, 0) is 11.3 Å². The van der Waals surface area contributed by atoms with Gasteiger partial charge >= 0.3 is 0 Å². The SMILES string of the molecule is O=C(C[n+]1ccccc1)Nc1noc2ccccc12.[Cl-]. The van der Waals surface area contributed by atoms with Gasteiger partial charge in [0.25, 0.3) is 5.91 Å². The molecule has 0 radical (unpaired) electrons. The quantitative estimate of drug-likeness (QED) is 0.614. The van der Waals surface area contributed by atoms with E-state index < -0.39 is 0 Å². The Balaban J connectivity index is 0.00000147. The van der Waals surface area contributed by atoms with Crippen molar-refractivity contribution in [2.75, 3.05) is 5.32 Å². The van der Waals surface area contributed by atoms with Crippen LogP contribution in [0.3, 0.4) is 0 Å². The fourth-order valence-corrected chi connectivity index (χ4v) is 1.85. The highest BCUT2D eigenvalue weighted by Crippen LogP contribution is 2.21.